The summed E-state index contributed by atoms with van der Waals surface area (Å²) in [5, 5.41) is 18.8. The number of aliphatic carboxylic acids is 1. The zero-order chi connectivity index (χ0) is 18.7. The second kappa shape index (κ2) is 7.98. The van der Waals surface area contributed by atoms with E-state index in [-0.39, 0.29) is 6.54 Å². The monoisotopic (exact) mass is 369 g/mol. The molecule has 0 atom stereocenters. The van der Waals surface area contributed by atoms with Crippen LogP contribution in [-0.2, 0) is 17.8 Å². The van der Waals surface area contributed by atoms with Gasteiger partial charge in [0.05, 0.1) is 5.56 Å². The summed E-state index contributed by atoms with van der Waals surface area (Å²) in [7, 11) is 0. The van der Waals surface area contributed by atoms with Crippen molar-refractivity contribution < 1.29 is 9.90 Å². The highest BCUT2D eigenvalue weighted by Crippen LogP contribution is 2.32. The Morgan fingerprint density at radius 3 is 2.58 bits per heavy atom. The second-order valence-electron chi connectivity index (χ2n) is 6.63. The van der Waals surface area contributed by atoms with Crippen molar-refractivity contribution in [1.29, 1.82) is 5.26 Å². The average Bonchev–Trinajstić information content (AvgIpc) is 3.19. The molecule has 0 amide bonds. The number of nitrogens with zero attached hydrogens (tertiary/aromatic N) is 3. The van der Waals surface area contributed by atoms with Crippen LogP contribution >= 0.6 is 11.9 Å². The molecule has 0 bridgehead atoms. The normalized spacial score (nSPS) is 14.5. The summed E-state index contributed by atoms with van der Waals surface area (Å²) in [6.07, 6.45) is 3.12. The molecule has 1 aromatic carbocycles. The van der Waals surface area contributed by atoms with Gasteiger partial charge in [0.1, 0.15) is 12.6 Å². The quantitative estimate of drug-likeness (QED) is 0.785. The zero-order valence-corrected chi connectivity index (χ0v) is 16.0. The van der Waals surface area contributed by atoms with Gasteiger partial charge in [-0.15, -0.1) is 0 Å². The number of hydrogen-bond donors (Lipinski definition) is 1. The molecule has 1 fully saturated rings. The van der Waals surface area contributed by atoms with Crippen LogP contribution in [0.1, 0.15) is 40.9 Å². The largest absolute Gasteiger partial charge is 0.480 e. The molecule has 2 heterocycles. The Kier molecular flexibility index (Phi) is 5.70. The maximum atomic E-state index is 11.2. The van der Waals surface area contributed by atoms with E-state index in [9.17, 15) is 10.1 Å². The number of aromatic nitrogens is 1. The Labute approximate surface area is 158 Å². The molecule has 0 aliphatic carbocycles. The van der Waals surface area contributed by atoms with Gasteiger partial charge in [-0.1, -0.05) is 18.2 Å². The van der Waals surface area contributed by atoms with Gasteiger partial charge in [-0.25, -0.2) is 4.31 Å². The highest BCUT2D eigenvalue weighted by Gasteiger charge is 2.21. The van der Waals surface area contributed by atoms with Gasteiger partial charge in [-0.3, -0.25) is 4.79 Å². The fourth-order valence-corrected chi connectivity index (χ4v) is 4.65. The van der Waals surface area contributed by atoms with E-state index in [1.165, 1.54) is 23.3 Å². The molecule has 136 valence electrons. The molecule has 6 heteroatoms. The van der Waals surface area contributed by atoms with Crippen molar-refractivity contribution in [2.75, 3.05) is 13.1 Å². The first kappa shape index (κ1) is 18.6. The lowest BCUT2D eigenvalue weighted by molar-refractivity contribution is -0.137. The molecule has 0 saturated carbocycles. The van der Waals surface area contributed by atoms with Crippen molar-refractivity contribution in [3.05, 3.63) is 52.3 Å². The molecular formula is C20H23N3O2S. The minimum Gasteiger partial charge on any atom is -0.480 e. The molecule has 0 spiro atoms. The number of rotatable bonds is 6. The molecule has 2 aromatic rings. The summed E-state index contributed by atoms with van der Waals surface area (Å²) in [6, 6.07) is 10.6. The molecule has 26 heavy (non-hydrogen) atoms. The van der Waals surface area contributed by atoms with Crippen molar-refractivity contribution in [2.24, 2.45) is 0 Å². The third-order valence-corrected chi connectivity index (χ3v) is 6.17. The van der Waals surface area contributed by atoms with Crippen LogP contribution in [0.4, 0.5) is 0 Å². The molecule has 0 radical (unpaired) electrons. The van der Waals surface area contributed by atoms with Gasteiger partial charge in [0, 0.05) is 35.8 Å². The van der Waals surface area contributed by atoms with Crippen molar-refractivity contribution in [2.45, 2.75) is 44.6 Å². The first-order chi connectivity index (χ1) is 12.5. The molecule has 5 nitrogen and oxygen atoms in total. The van der Waals surface area contributed by atoms with Gasteiger partial charge in [0.15, 0.2) is 0 Å². The average molecular weight is 369 g/mol. The lowest BCUT2D eigenvalue weighted by Crippen LogP contribution is -2.12. The second-order valence-corrected chi connectivity index (χ2v) is 7.77. The fourth-order valence-electron chi connectivity index (χ4n) is 3.53. The third kappa shape index (κ3) is 3.79. The summed E-state index contributed by atoms with van der Waals surface area (Å²) in [6.45, 7) is 5.83. The molecular weight excluding hydrogens is 346 g/mol. The Morgan fingerprint density at radius 1 is 1.23 bits per heavy atom. The predicted octanol–water partition coefficient (Wildman–Crippen LogP) is 3.75. The van der Waals surface area contributed by atoms with E-state index in [1.807, 2.05) is 26.0 Å². The summed E-state index contributed by atoms with van der Waals surface area (Å²) in [5.74, 6) is -0.896. The maximum absolute atomic E-state index is 11.2. The third-order valence-electron chi connectivity index (χ3n) is 4.95. The maximum Gasteiger partial charge on any atom is 0.323 e. The molecule has 1 saturated heterocycles. The SMILES string of the molecule is Cc1c(C#N)c(Cc2ccccc2SN2CCCC2)c(C)n1CC(=O)O. The minimum atomic E-state index is -0.896. The van der Waals surface area contributed by atoms with Crippen LogP contribution in [0.25, 0.3) is 0 Å². The van der Waals surface area contributed by atoms with E-state index in [2.05, 4.69) is 22.5 Å². The lowest BCUT2D eigenvalue weighted by atomic mass is 10.0. The van der Waals surface area contributed by atoms with Gasteiger partial charge in [-0.2, -0.15) is 5.26 Å². The number of nitriles is 1. The van der Waals surface area contributed by atoms with Gasteiger partial charge < -0.3 is 9.67 Å². The lowest BCUT2D eigenvalue weighted by Gasteiger charge is -2.16. The molecule has 3 rings (SSSR count). The number of hydrogen-bond acceptors (Lipinski definition) is 4. The summed E-state index contributed by atoms with van der Waals surface area (Å²) < 4.78 is 4.12. The van der Waals surface area contributed by atoms with Crippen molar-refractivity contribution in [3.8, 4) is 6.07 Å². The fraction of sp³-hybridized carbons (Fsp3) is 0.400. The first-order valence-electron chi connectivity index (χ1n) is 8.82. The van der Waals surface area contributed by atoms with Crippen molar-refractivity contribution in [3.63, 3.8) is 0 Å². The number of carbonyl (C=O) groups is 1. The van der Waals surface area contributed by atoms with Crippen LogP contribution in [0, 0.1) is 25.2 Å². The first-order valence-corrected chi connectivity index (χ1v) is 9.60. The van der Waals surface area contributed by atoms with E-state index < -0.39 is 5.97 Å². The van der Waals surface area contributed by atoms with Gasteiger partial charge in [0.2, 0.25) is 0 Å². The Morgan fingerprint density at radius 2 is 1.92 bits per heavy atom. The summed E-state index contributed by atoms with van der Waals surface area (Å²) >= 11 is 1.79. The Bertz CT molecular complexity index is 861. The van der Waals surface area contributed by atoms with Crippen LogP contribution in [0.5, 0.6) is 0 Å². The minimum absolute atomic E-state index is 0.115. The molecule has 1 N–H and O–H groups in total. The Hall–Kier alpha value is -2.23. The number of carboxylic acid groups (broad SMARTS) is 1. The highest BCUT2D eigenvalue weighted by molar-refractivity contribution is 7.97. The number of benzene rings is 1. The molecule has 1 aliphatic rings. The van der Waals surface area contributed by atoms with Gasteiger partial charge >= 0.3 is 5.97 Å². The van der Waals surface area contributed by atoms with E-state index in [4.69, 9.17) is 5.11 Å². The Balaban J connectivity index is 1.94. The molecule has 1 aromatic heterocycles. The predicted molar refractivity (Wildman–Crippen MR) is 102 cm³/mol. The van der Waals surface area contributed by atoms with Crippen LogP contribution in [-0.4, -0.2) is 33.0 Å². The summed E-state index contributed by atoms with van der Waals surface area (Å²) in [5.41, 5.74) is 4.30. The van der Waals surface area contributed by atoms with E-state index in [0.717, 1.165) is 30.0 Å². The van der Waals surface area contributed by atoms with E-state index >= 15 is 0 Å². The topological polar surface area (TPSA) is 69.3 Å². The summed E-state index contributed by atoms with van der Waals surface area (Å²) in [4.78, 5) is 12.4. The van der Waals surface area contributed by atoms with Gasteiger partial charge in [-0.05, 0) is 55.8 Å². The zero-order valence-electron chi connectivity index (χ0n) is 15.2. The number of carboxylic acids is 1. The van der Waals surface area contributed by atoms with Gasteiger partial charge in [0.25, 0.3) is 0 Å². The molecule has 1 aliphatic heterocycles. The van der Waals surface area contributed by atoms with E-state index in [1.54, 1.807) is 16.5 Å². The van der Waals surface area contributed by atoms with Crippen LogP contribution in [0.2, 0.25) is 0 Å². The molecule has 0 unspecified atom stereocenters. The van der Waals surface area contributed by atoms with Crippen molar-refractivity contribution >= 4 is 17.9 Å². The van der Waals surface area contributed by atoms with Crippen LogP contribution < -0.4 is 0 Å². The van der Waals surface area contributed by atoms with E-state index in [0.29, 0.717) is 12.0 Å². The van der Waals surface area contributed by atoms with Crippen LogP contribution in [0.3, 0.4) is 0 Å². The van der Waals surface area contributed by atoms with Crippen LogP contribution in [0.15, 0.2) is 29.2 Å². The highest BCUT2D eigenvalue weighted by atomic mass is 32.2. The smallest absolute Gasteiger partial charge is 0.323 e. The van der Waals surface area contributed by atoms with Crippen molar-refractivity contribution in [1.82, 2.24) is 8.87 Å². The standard InChI is InChI=1S/C20H23N3O2S/c1-14-17(18(12-21)15(2)23(14)13-20(24)25)11-16-7-3-4-8-19(16)26-22-9-5-6-10-22/h3-4,7-8H,5-6,9-11,13H2,1-2H3,(H,24,25).